The van der Waals surface area contributed by atoms with Gasteiger partial charge in [-0.2, -0.15) is 0 Å². The molecule has 1 aromatic carbocycles. The fraction of sp³-hybridized carbons (Fsp3) is 0.400. The van der Waals surface area contributed by atoms with Crippen LogP contribution in [0.2, 0.25) is 0 Å². The molecule has 3 N–H and O–H groups in total. The smallest absolute Gasteiger partial charge is 0.135 e. The third kappa shape index (κ3) is 2.45. The summed E-state index contributed by atoms with van der Waals surface area (Å²) in [4.78, 5) is 7.34. The third-order valence-electron chi connectivity index (χ3n) is 3.93. The SMILES string of the molecule is NC1CCCC(c2ncc(-c3c(F)cccc3F)[nH]2)C1. The quantitative estimate of drug-likeness (QED) is 0.884. The number of nitrogens with zero attached hydrogens (tertiary/aromatic N) is 1. The van der Waals surface area contributed by atoms with Gasteiger partial charge in [0.2, 0.25) is 0 Å². The Kier molecular flexibility index (Phi) is 3.53. The van der Waals surface area contributed by atoms with Gasteiger partial charge in [-0.15, -0.1) is 0 Å². The molecule has 1 saturated carbocycles. The lowest BCUT2D eigenvalue weighted by molar-refractivity contribution is 0.383. The summed E-state index contributed by atoms with van der Waals surface area (Å²) >= 11 is 0. The van der Waals surface area contributed by atoms with E-state index in [-0.39, 0.29) is 17.5 Å². The van der Waals surface area contributed by atoms with Crippen molar-refractivity contribution in [3.8, 4) is 11.3 Å². The molecule has 1 heterocycles. The molecule has 1 fully saturated rings. The Morgan fingerprint density at radius 2 is 1.95 bits per heavy atom. The van der Waals surface area contributed by atoms with Crippen molar-refractivity contribution in [2.75, 3.05) is 0 Å². The van der Waals surface area contributed by atoms with E-state index in [4.69, 9.17) is 5.73 Å². The van der Waals surface area contributed by atoms with Crippen LogP contribution in [0.1, 0.15) is 37.4 Å². The number of aromatic nitrogens is 2. The molecular formula is C15H17F2N3. The molecule has 2 aromatic rings. The summed E-state index contributed by atoms with van der Waals surface area (Å²) < 4.78 is 27.5. The van der Waals surface area contributed by atoms with Crippen LogP contribution in [0.5, 0.6) is 0 Å². The number of rotatable bonds is 2. The highest BCUT2D eigenvalue weighted by atomic mass is 19.1. The fourth-order valence-electron chi connectivity index (χ4n) is 2.90. The second-order valence-electron chi connectivity index (χ2n) is 5.40. The fourth-order valence-corrected chi connectivity index (χ4v) is 2.90. The highest BCUT2D eigenvalue weighted by Crippen LogP contribution is 2.32. The summed E-state index contributed by atoms with van der Waals surface area (Å²) in [6.07, 6.45) is 5.48. The molecule has 0 aliphatic heterocycles. The van der Waals surface area contributed by atoms with Gasteiger partial charge in [-0.05, 0) is 31.4 Å². The first-order valence-electron chi connectivity index (χ1n) is 6.90. The average molecular weight is 277 g/mol. The van der Waals surface area contributed by atoms with E-state index in [2.05, 4.69) is 9.97 Å². The van der Waals surface area contributed by atoms with Crippen LogP contribution in [-0.4, -0.2) is 16.0 Å². The molecule has 3 rings (SSSR count). The summed E-state index contributed by atoms with van der Waals surface area (Å²) in [5, 5.41) is 0. The van der Waals surface area contributed by atoms with Crippen LogP contribution in [-0.2, 0) is 0 Å². The third-order valence-corrected chi connectivity index (χ3v) is 3.93. The van der Waals surface area contributed by atoms with Crippen molar-refractivity contribution in [2.45, 2.75) is 37.6 Å². The first-order valence-corrected chi connectivity index (χ1v) is 6.90. The highest BCUT2D eigenvalue weighted by Gasteiger charge is 2.24. The van der Waals surface area contributed by atoms with Crippen LogP contribution in [0.4, 0.5) is 8.78 Å². The Balaban J connectivity index is 1.90. The van der Waals surface area contributed by atoms with Crippen LogP contribution in [0.3, 0.4) is 0 Å². The zero-order chi connectivity index (χ0) is 14.1. The van der Waals surface area contributed by atoms with E-state index < -0.39 is 11.6 Å². The average Bonchev–Trinajstić information content (AvgIpc) is 2.88. The topological polar surface area (TPSA) is 54.7 Å². The van der Waals surface area contributed by atoms with Crippen molar-refractivity contribution >= 4 is 0 Å². The van der Waals surface area contributed by atoms with Crippen molar-refractivity contribution in [3.63, 3.8) is 0 Å². The minimum absolute atomic E-state index is 0.0497. The number of hydrogen-bond donors (Lipinski definition) is 2. The highest BCUT2D eigenvalue weighted by molar-refractivity contribution is 5.60. The molecule has 20 heavy (non-hydrogen) atoms. The Morgan fingerprint density at radius 1 is 1.20 bits per heavy atom. The van der Waals surface area contributed by atoms with Gasteiger partial charge in [-0.1, -0.05) is 12.5 Å². The van der Waals surface area contributed by atoms with E-state index in [1.54, 1.807) is 0 Å². The Labute approximate surface area is 116 Å². The maximum Gasteiger partial charge on any atom is 0.135 e. The minimum atomic E-state index is -0.583. The van der Waals surface area contributed by atoms with E-state index in [9.17, 15) is 8.78 Å². The van der Waals surface area contributed by atoms with Crippen LogP contribution in [0.15, 0.2) is 24.4 Å². The largest absolute Gasteiger partial charge is 0.342 e. The molecule has 106 valence electrons. The van der Waals surface area contributed by atoms with Gasteiger partial charge in [-0.25, -0.2) is 13.8 Å². The molecular weight excluding hydrogens is 260 g/mol. The van der Waals surface area contributed by atoms with E-state index in [0.29, 0.717) is 5.69 Å². The van der Waals surface area contributed by atoms with Gasteiger partial charge in [-0.3, -0.25) is 0 Å². The van der Waals surface area contributed by atoms with Gasteiger partial charge in [0.25, 0.3) is 0 Å². The predicted octanol–water partition coefficient (Wildman–Crippen LogP) is 3.34. The molecule has 2 unspecified atom stereocenters. The van der Waals surface area contributed by atoms with Gasteiger partial charge in [0.15, 0.2) is 0 Å². The molecule has 1 aliphatic carbocycles. The number of aromatic amines is 1. The van der Waals surface area contributed by atoms with Crippen LogP contribution in [0.25, 0.3) is 11.3 Å². The first kappa shape index (κ1) is 13.2. The number of nitrogens with two attached hydrogens (primary N) is 1. The standard InChI is InChI=1S/C15H17F2N3/c16-11-5-2-6-12(17)14(11)13-8-19-15(20-13)9-3-1-4-10(18)7-9/h2,5-6,8-10H,1,3-4,7,18H2,(H,19,20). The summed E-state index contributed by atoms with van der Waals surface area (Å²) in [7, 11) is 0. The summed E-state index contributed by atoms with van der Waals surface area (Å²) in [5.41, 5.74) is 6.30. The van der Waals surface area contributed by atoms with Crippen molar-refractivity contribution in [2.24, 2.45) is 5.73 Å². The van der Waals surface area contributed by atoms with Crippen molar-refractivity contribution < 1.29 is 8.78 Å². The molecule has 3 nitrogen and oxygen atoms in total. The van der Waals surface area contributed by atoms with Crippen LogP contribution >= 0.6 is 0 Å². The Hall–Kier alpha value is -1.75. The zero-order valence-electron chi connectivity index (χ0n) is 11.1. The van der Waals surface area contributed by atoms with E-state index in [1.807, 2.05) is 0 Å². The van der Waals surface area contributed by atoms with Gasteiger partial charge in [0.05, 0.1) is 17.5 Å². The number of hydrogen-bond acceptors (Lipinski definition) is 2. The molecule has 2 atom stereocenters. The lowest BCUT2D eigenvalue weighted by Crippen LogP contribution is -2.27. The lowest BCUT2D eigenvalue weighted by Gasteiger charge is -2.24. The van der Waals surface area contributed by atoms with Crippen molar-refractivity contribution in [3.05, 3.63) is 41.9 Å². The number of H-pyrrole nitrogens is 1. The summed E-state index contributed by atoms with van der Waals surface area (Å²) in [6.45, 7) is 0. The van der Waals surface area contributed by atoms with Crippen LogP contribution < -0.4 is 5.73 Å². The number of halogens is 2. The maximum atomic E-state index is 13.7. The van der Waals surface area contributed by atoms with E-state index >= 15 is 0 Å². The first-order chi connectivity index (χ1) is 9.65. The minimum Gasteiger partial charge on any atom is -0.342 e. The van der Waals surface area contributed by atoms with Gasteiger partial charge in [0, 0.05) is 12.0 Å². The molecule has 0 spiro atoms. The molecule has 5 heteroatoms. The Morgan fingerprint density at radius 3 is 2.65 bits per heavy atom. The van der Waals surface area contributed by atoms with Crippen molar-refractivity contribution in [1.82, 2.24) is 9.97 Å². The summed E-state index contributed by atoms with van der Waals surface area (Å²) in [6, 6.07) is 4.03. The second-order valence-corrected chi connectivity index (χ2v) is 5.40. The molecule has 1 aliphatic rings. The number of nitrogens with one attached hydrogen (secondary N) is 1. The van der Waals surface area contributed by atoms with Crippen LogP contribution in [0, 0.1) is 11.6 Å². The maximum absolute atomic E-state index is 13.7. The van der Waals surface area contributed by atoms with Gasteiger partial charge >= 0.3 is 0 Å². The monoisotopic (exact) mass is 277 g/mol. The molecule has 0 bridgehead atoms. The van der Waals surface area contributed by atoms with E-state index in [0.717, 1.165) is 31.5 Å². The van der Waals surface area contributed by atoms with Gasteiger partial charge < -0.3 is 10.7 Å². The lowest BCUT2D eigenvalue weighted by atomic mass is 9.86. The molecule has 0 saturated heterocycles. The number of imidazole rings is 1. The zero-order valence-corrected chi connectivity index (χ0v) is 11.1. The molecule has 0 radical (unpaired) electrons. The Bertz CT molecular complexity index is 589. The predicted molar refractivity (Wildman–Crippen MR) is 73.1 cm³/mol. The molecule has 0 amide bonds. The summed E-state index contributed by atoms with van der Waals surface area (Å²) in [5.74, 6) is -0.138. The second kappa shape index (κ2) is 5.32. The van der Waals surface area contributed by atoms with E-state index in [1.165, 1.54) is 24.4 Å². The normalized spacial score (nSPS) is 22.9. The number of benzene rings is 1. The van der Waals surface area contributed by atoms with Crippen molar-refractivity contribution in [1.29, 1.82) is 0 Å². The van der Waals surface area contributed by atoms with Gasteiger partial charge in [0.1, 0.15) is 17.5 Å². The molecule has 1 aromatic heterocycles.